The molecular weight excluding hydrogens is 264 g/mol. The maximum atomic E-state index is 5.81. The lowest BCUT2D eigenvalue weighted by Gasteiger charge is -2.41. The number of nitrogens with two attached hydrogens (primary N) is 2. The van der Waals surface area contributed by atoms with Crippen molar-refractivity contribution < 1.29 is 0 Å². The number of anilines is 3. The highest BCUT2D eigenvalue weighted by atomic mass is 15.3. The summed E-state index contributed by atoms with van der Waals surface area (Å²) in [6.45, 7) is 2.80. The summed E-state index contributed by atoms with van der Waals surface area (Å²) in [7, 11) is 2.13. The Morgan fingerprint density at radius 2 is 1.86 bits per heavy atom. The predicted octanol–water partition coefficient (Wildman–Crippen LogP) is 1.13. The molecule has 1 aromatic heterocycles. The van der Waals surface area contributed by atoms with E-state index in [1.54, 1.807) is 6.07 Å². The third-order valence-electron chi connectivity index (χ3n) is 3.81. The van der Waals surface area contributed by atoms with Crippen molar-refractivity contribution >= 4 is 17.6 Å². The van der Waals surface area contributed by atoms with E-state index in [9.17, 15) is 0 Å². The predicted molar refractivity (Wildman–Crippen MR) is 84.9 cm³/mol. The molecule has 0 aliphatic carbocycles. The van der Waals surface area contributed by atoms with Crippen LogP contribution >= 0.6 is 0 Å². The fourth-order valence-corrected chi connectivity index (χ4v) is 2.77. The van der Waals surface area contributed by atoms with Crippen molar-refractivity contribution in [1.82, 2.24) is 14.9 Å². The van der Waals surface area contributed by atoms with Crippen LogP contribution in [0.5, 0.6) is 0 Å². The van der Waals surface area contributed by atoms with E-state index >= 15 is 0 Å². The maximum Gasteiger partial charge on any atom is 0.223 e. The minimum atomic E-state index is 0.218. The normalized spacial score (nSPS) is 19.7. The van der Waals surface area contributed by atoms with E-state index in [0.29, 0.717) is 5.82 Å². The van der Waals surface area contributed by atoms with Gasteiger partial charge in [-0.1, -0.05) is 30.3 Å². The molecule has 3 rings (SSSR count). The summed E-state index contributed by atoms with van der Waals surface area (Å²) < 4.78 is 0. The van der Waals surface area contributed by atoms with Gasteiger partial charge in [0.05, 0.1) is 6.04 Å². The molecule has 0 bridgehead atoms. The third kappa shape index (κ3) is 2.90. The Morgan fingerprint density at radius 1 is 1.10 bits per heavy atom. The second-order valence-corrected chi connectivity index (χ2v) is 5.39. The molecule has 1 aliphatic rings. The Hall–Kier alpha value is -2.34. The number of likely N-dealkylation sites (N-methyl/N-ethyl adjacent to an activating group) is 1. The maximum absolute atomic E-state index is 5.81. The number of nitrogen functional groups attached to an aromatic ring is 2. The van der Waals surface area contributed by atoms with Crippen molar-refractivity contribution in [2.75, 3.05) is 43.0 Å². The molecule has 6 nitrogen and oxygen atoms in total. The van der Waals surface area contributed by atoms with E-state index in [-0.39, 0.29) is 12.0 Å². The summed E-state index contributed by atoms with van der Waals surface area (Å²) in [4.78, 5) is 12.9. The molecule has 1 atom stereocenters. The smallest absolute Gasteiger partial charge is 0.223 e. The first kappa shape index (κ1) is 13.6. The Balaban J connectivity index is 1.98. The van der Waals surface area contributed by atoms with Gasteiger partial charge in [-0.15, -0.1) is 0 Å². The van der Waals surface area contributed by atoms with Gasteiger partial charge >= 0.3 is 0 Å². The number of aromatic nitrogens is 2. The molecular formula is C15H20N6. The van der Waals surface area contributed by atoms with Crippen LogP contribution in [-0.2, 0) is 0 Å². The van der Waals surface area contributed by atoms with Gasteiger partial charge in [-0.2, -0.15) is 9.97 Å². The Bertz CT molecular complexity index is 595. The monoisotopic (exact) mass is 284 g/mol. The Kier molecular flexibility index (Phi) is 3.62. The molecule has 21 heavy (non-hydrogen) atoms. The van der Waals surface area contributed by atoms with Gasteiger partial charge in [-0.3, -0.25) is 0 Å². The highest BCUT2D eigenvalue weighted by Crippen LogP contribution is 2.30. The van der Waals surface area contributed by atoms with E-state index in [4.69, 9.17) is 11.5 Å². The lowest BCUT2D eigenvalue weighted by Crippen LogP contribution is -2.47. The van der Waals surface area contributed by atoms with Crippen molar-refractivity contribution in [3.8, 4) is 0 Å². The molecule has 1 aromatic carbocycles. The summed E-state index contributed by atoms with van der Waals surface area (Å²) in [5.41, 5.74) is 12.8. The zero-order valence-electron chi connectivity index (χ0n) is 12.1. The molecule has 0 radical (unpaired) electrons. The van der Waals surface area contributed by atoms with Crippen LogP contribution in [0.2, 0.25) is 0 Å². The summed E-state index contributed by atoms with van der Waals surface area (Å²) in [6.07, 6.45) is 0. The molecule has 110 valence electrons. The molecule has 0 saturated carbocycles. The fourth-order valence-electron chi connectivity index (χ4n) is 2.77. The zero-order chi connectivity index (χ0) is 14.8. The first-order valence-electron chi connectivity index (χ1n) is 7.03. The van der Waals surface area contributed by atoms with Gasteiger partial charge in [-0.05, 0) is 12.6 Å². The standard InChI is InChI=1S/C15H20N6/c1-20-7-8-21(14-9-13(16)18-15(17)19-14)12(10-20)11-5-3-2-4-6-11/h2-6,9,12H,7-8,10H2,1H3,(H4,16,17,18,19). The van der Waals surface area contributed by atoms with E-state index < -0.39 is 0 Å². The molecule has 0 spiro atoms. The lowest BCUT2D eigenvalue weighted by molar-refractivity contribution is 0.268. The average Bonchev–Trinajstić information content (AvgIpc) is 2.47. The van der Waals surface area contributed by atoms with Gasteiger partial charge in [0, 0.05) is 25.7 Å². The minimum Gasteiger partial charge on any atom is -0.383 e. The molecule has 1 aliphatic heterocycles. The number of hydrogen-bond donors (Lipinski definition) is 2. The minimum absolute atomic E-state index is 0.218. The fraction of sp³-hybridized carbons (Fsp3) is 0.333. The van der Waals surface area contributed by atoms with E-state index in [0.717, 1.165) is 25.5 Å². The third-order valence-corrected chi connectivity index (χ3v) is 3.81. The van der Waals surface area contributed by atoms with Gasteiger partial charge in [0.1, 0.15) is 11.6 Å². The summed E-state index contributed by atoms with van der Waals surface area (Å²) in [5.74, 6) is 1.42. The van der Waals surface area contributed by atoms with Crippen LogP contribution in [0.1, 0.15) is 11.6 Å². The molecule has 2 heterocycles. The van der Waals surface area contributed by atoms with Crippen molar-refractivity contribution in [2.45, 2.75) is 6.04 Å². The van der Waals surface area contributed by atoms with Gasteiger partial charge in [0.2, 0.25) is 5.95 Å². The van der Waals surface area contributed by atoms with Crippen molar-refractivity contribution in [3.63, 3.8) is 0 Å². The Morgan fingerprint density at radius 3 is 2.57 bits per heavy atom. The Labute approximate surface area is 124 Å². The van der Waals surface area contributed by atoms with Crippen LogP contribution in [0, 0.1) is 0 Å². The number of nitrogens with zero attached hydrogens (tertiary/aromatic N) is 4. The summed E-state index contributed by atoms with van der Waals surface area (Å²) in [6, 6.07) is 12.5. The first-order chi connectivity index (χ1) is 10.1. The van der Waals surface area contributed by atoms with Crippen molar-refractivity contribution in [3.05, 3.63) is 42.0 Å². The molecule has 1 fully saturated rings. The van der Waals surface area contributed by atoms with Gasteiger partial charge in [-0.25, -0.2) is 0 Å². The quantitative estimate of drug-likeness (QED) is 0.860. The average molecular weight is 284 g/mol. The second-order valence-electron chi connectivity index (χ2n) is 5.39. The molecule has 1 unspecified atom stereocenters. The summed E-state index contributed by atoms with van der Waals surface area (Å²) in [5, 5.41) is 0. The molecule has 6 heteroatoms. The number of hydrogen-bond acceptors (Lipinski definition) is 6. The highest BCUT2D eigenvalue weighted by Gasteiger charge is 2.28. The van der Waals surface area contributed by atoms with Crippen LogP contribution in [0.3, 0.4) is 0 Å². The summed E-state index contributed by atoms with van der Waals surface area (Å²) >= 11 is 0. The number of piperazine rings is 1. The van der Waals surface area contributed by atoms with Gasteiger partial charge in [0.25, 0.3) is 0 Å². The second kappa shape index (κ2) is 5.57. The van der Waals surface area contributed by atoms with Crippen molar-refractivity contribution in [1.29, 1.82) is 0 Å². The largest absolute Gasteiger partial charge is 0.383 e. The SMILES string of the molecule is CN1CCN(c2cc(N)nc(N)n2)C(c2ccccc2)C1. The molecule has 1 saturated heterocycles. The van der Waals surface area contributed by atoms with Crippen molar-refractivity contribution in [2.24, 2.45) is 0 Å². The van der Waals surface area contributed by atoms with E-state index in [1.165, 1.54) is 5.56 Å². The first-order valence-corrected chi connectivity index (χ1v) is 7.03. The van der Waals surface area contributed by atoms with Crippen LogP contribution in [-0.4, -0.2) is 41.5 Å². The van der Waals surface area contributed by atoms with Gasteiger partial charge in [0.15, 0.2) is 0 Å². The van der Waals surface area contributed by atoms with Crippen LogP contribution < -0.4 is 16.4 Å². The topological polar surface area (TPSA) is 84.3 Å². The number of rotatable bonds is 2. The van der Waals surface area contributed by atoms with Crippen LogP contribution in [0.25, 0.3) is 0 Å². The zero-order valence-corrected chi connectivity index (χ0v) is 12.1. The molecule has 4 N–H and O–H groups in total. The number of benzene rings is 1. The lowest BCUT2D eigenvalue weighted by atomic mass is 10.0. The van der Waals surface area contributed by atoms with E-state index in [1.807, 2.05) is 6.07 Å². The molecule has 2 aromatic rings. The van der Waals surface area contributed by atoms with Gasteiger partial charge < -0.3 is 21.3 Å². The van der Waals surface area contributed by atoms with Crippen LogP contribution in [0.15, 0.2) is 36.4 Å². The van der Waals surface area contributed by atoms with Crippen LogP contribution in [0.4, 0.5) is 17.6 Å². The molecule has 0 amide bonds. The van der Waals surface area contributed by atoms with E-state index in [2.05, 4.69) is 51.1 Å². The highest BCUT2D eigenvalue weighted by molar-refractivity contribution is 5.52.